The molecule has 0 N–H and O–H groups in total. The fourth-order valence-electron chi connectivity index (χ4n) is 3.44. The van der Waals surface area contributed by atoms with Gasteiger partial charge in [0.15, 0.2) is 0 Å². The predicted molar refractivity (Wildman–Crippen MR) is 115 cm³/mol. The molecular formula is C21H20ClN4OS+. The van der Waals surface area contributed by atoms with Gasteiger partial charge in [0.1, 0.15) is 16.3 Å². The molecule has 0 bridgehead atoms. The highest BCUT2D eigenvalue weighted by Crippen LogP contribution is 2.35. The Kier molecular flexibility index (Phi) is 5.08. The lowest BCUT2D eigenvalue weighted by Crippen LogP contribution is -2.32. The molecule has 0 amide bonds. The van der Waals surface area contributed by atoms with Gasteiger partial charge in [0, 0.05) is 34.2 Å². The summed E-state index contributed by atoms with van der Waals surface area (Å²) in [5.74, 6) is 0. The minimum absolute atomic E-state index is 0.165. The van der Waals surface area contributed by atoms with E-state index in [1.54, 1.807) is 30.1 Å². The number of aliphatic imine (C=N–C) groups is 1. The highest BCUT2D eigenvalue weighted by atomic mass is 35.5. The second kappa shape index (κ2) is 7.53. The molecule has 0 aliphatic carbocycles. The predicted octanol–water partition coefficient (Wildman–Crippen LogP) is 5.19. The van der Waals surface area contributed by atoms with Crippen molar-refractivity contribution in [1.82, 2.24) is 9.55 Å². The number of hydrogen-bond acceptors (Lipinski definition) is 4. The molecule has 1 unspecified atom stereocenters. The first kappa shape index (κ1) is 18.9. The van der Waals surface area contributed by atoms with Crippen molar-refractivity contribution < 1.29 is 4.76 Å². The van der Waals surface area contributed by atoms with E-state index in [0.29, 0.717) is 16.4 Å². The third-order valence-electron chi connectivity index (χ3n) is 4.92. The summed E-state index contributed by atoms with van der Waals surface area (Å²) in [6.07, 6.45) is 5.67. The number of nitroso groups, excluding NO2 is 1. The van der Waals surface area contributed by atoms with Gasteiger partial charge in [-0.2, -0.15) is 0 Å². The van der Waals surface area contributed by atoms with Crippen molar-refractivity contribution in [2.24, 2.45) is 4.99 Å². The van der Waals surface area contributed by atoms with Crippen LogP contribution >= 0.6 is 23.4 Å². The second-order valence-corrected chi connectivity index (χ2v) is 8.20. The van der Waals surface area contributed by atoms with Crippen LogP contribution in [0.3, 0.4) is 0 Å². The maximum atomic E-state index is 12.7. The lowest BCUT2D eigenvalue weighted by atomic mass is 9.91. The third-order valence-corrected chi connectivity index (χ3v) is 5.83. The Bertz CT molecular complexity index is 1060. The minimum Gasteiger partial charge on any atom is -0.343 e. The quantitative estimate of drug-likeness (QED) is 0.555. The van der Waals surface area contributed by atoms with Crippen LogP contribution in [0, 0.1) is 4.91 Å². The molecule has 28 heavy (non-hydrogen) atoms. The lowest BCUT2D eigenvalue weighted by Gasteiger charge is -2.32. The van der Waals surface area contributed by atoms with E-state index in [1.807, 2.05) is 36.6 Å². The first-order valence-electron chi connectivity index (χ1n) is 8.93. The van der Waals surface area contributed by atoms with Crippen molar-refractivity contribution in [3.05, 3.63) is 87.8 Å². The first-order chi connectivity index (χ1) is 13.5. The molecular weight excluding hydrogens is 392 g/mol. The molecule has 1 aromatic carbocycles. The molecule has 0 saturated heterocycles. The number of pyridine rings is 1. The molecule has 0 saturated carbocycles. The van der Waals surface area contributed by atoms with Crippen LogP contribution in [0.25, 0.3) is 0 Å². The topological polar surface area (TPSA) is 50.3 Å². The molecule has 5 nitrogen and oxygen atoms in total. The van der Waals surface area contributed by atoms with Gasteiger partial charge in [-0.1, -0.05) is 23.7 Å². The van der Waals surface area contributed by atoms with Gasteiger partial charge in [0.2, 0.25) is 6.54 Å². The normalized spacial score (nSPS) is 18.5. The molecule has 0 spiro atoms. The van der Waals surface area contributed by atoms with Crippen molar-refractivity contribution in [2.45, 2.75) is 25.6 Å². The Morgan fingerprint density at radius 3 is 2.86 bits per heavy atom. The van der Waals surface area contributed by atoms with Crippen LogP contribution in [0.5, 0.6) is 0 Å². The SMILES string of the molecule is CSC1=NC(C)(c2cccc([N+](=O)Cc3ccc(Cl)cn3)c2)Cn2cccc21. The fourth-order valence-corrected chi connectivity index (χ4v) is 4.23. The summed E-state index contributed by atoms with van der Waals surface area (Å²) in [6.45, 7) is 3.01. The van der Waals surface area contributed by atoms with Gasteiger partial charge in [-0.15, -0.1) is 11.8 Å². The number of halogens is 1. The summed E-state index contributed by atoms with van der Waals surface area (Å²) in [7, 11) is 0. The maximum Gasteiger partial charge on any atom is 0.256 e. The van der Waals surface area contributed by atoms with E-state index in [0.717, 1.165) is 27.6 Å². The molecule has 7 heteroatoms. The molecule has 1 aliphatic rings. The Hall–Kier alpha value is -2.44. The van der Waals surface area contributed by atoms with E-state index in [4.69, 9.17) is 16.6 Å². The summed E-state index contributed by atoms with van der Waals surface area (Å²) in [6, 6.07) is 15.3. The van der Waals surface area contributed by atoms with Crippen LogP contribution < -0.4 is 0 Å². The van der Waals surface area contributed by atoms with Crippen molar-refractivity contribution in [2.75, 3.05) is 6.26 Å². The molecule has 2 aromatic heterocycles. The van der Waals surface area contributed by atoms with Crippen LogP contribution in [-0.4, -0.2) is 25.6 Å². The summed E-state index contributed by atoms with van der Waals surface area (Å²) in [4.78, 5) is 21.9. The molecule has 142 valence electrons. The average molecular weight is 412 g/mol. The highest BCUT2D eigenvalue weighted by molar-refractivity contribution is 8.13. The Labute approximate surface area is 173 Å². The Morgan fingerprint density at radius 1 is 1.25 bits per heavy atom. The van der Waals surface area contributed by atoms with Crippen molar-refractivity contribution in [1.29, 1.82) is 0 Å². The van der Waals surface area contributed by atoms with Crippen molar-refractivity contribution in [3.8, 4) is 0 Å². The fraction of sp³-hybridized carbons (Fsp3) is 0.238. The van der Waals surface area contributed by atoms with Gasteiger partial charge in [-0.05, 0) is 43.0 Å². The third kappa shape index (κ3) is 3.62. The molecule has 4 rings (SSSR count). The number of thioether (sulfide) groups is 1. The maximum absolute atomic E-state index is 12.7. The Balaban J connectivity index is 1.63. The molecule has 0 radical (unpaired) electrons. The molecule has 3 heterocycles. The number of hydrogen-bond donors (Lipinski definition) is 0. The smallest absolute Gasteiger partial charge is 0.256 e. The number of aromatic nitrogens is 2. The summed E-state index contributed by atoms with van der Waals surface area (Å²) >= 11 is 7.51. The zero-order valence-corrected chi connectivity index (χ0v) is 17.2. The monoisotopic (exact) mass is 411 g/mol. The van der Waals surface area contributed by atoms with E-state index >= 15 is 0 Å². The van der Waals surface area contributed by atoms with Crippen LogP contribution in [0.1, 0.15) is 23.9 Å². The zero-order valence-electron chi connectivity index (χ0n) is 15.7. The standard InChI is InChI=1S/C21H20ClN4OS/c1-21(14-25-10-4-7-19(25)20(24-21)28-2)15-5-3-6-18(11-15)26(27)13-17-9-8-16(22)12-23-17/h3-12H,13-14H2,1-2H3/q+1. The number of rotatable bonds is 4. The lowest BCUT2D eigenvalue weighted by molar-refractivity contribution is -0.480. The highest BCUT2D eigenvalue weighted by Gasteiger charge is 2.33. The summed E-state index contributed by atoms with van der Waals surface area (Å²) in [5.41, 5.74) is 2.99. The van der Waals surface area contributed by atoms with E-state index in [2.05, 4.69) is 28.7 Å². The zero-order chi connectivity index (χ0) is 19.7. The van der Waals surface area contributed by atoms with E-state index in [1.165, 1.54) is 0 Å². The second-order valence-electron chi connectivity index (χ2n) is 6.97. The number of nitrogens with zero attached hydrogens (tertiary/aromatic N) is 4. The van der Waals surface area contributed by atoms with Gasteiger partial charge in [0.25, 0.3) is 5.69 Å². The van der Waals surface area contributed by atoms with Gasteiger partial charge in [-0.25, -0.2) is 0 Å². The minimum atomic E-state index is -0.431. The largest absolute Gasteiger partial charge is 0.343 e. The van der Waals surface area contributed by atoms with Crippen LogP contribution in [-0.2, 0) is 18.6 Å². The van der Waals surface area contributed by atoms with Gasteiger partial charge < -0.3 is 4.57 Å². The van der Waals surface area contributed by atoms with E-state index in [9.17, 15) is 4.91 Å². The van der Waals surface area contributed by atoms with Crippen LogP contribution in [0.15, 0.2) is 65.9 Å². The van der Waals surface area contributed by atoms with E-state index < -0.39 is 5.54 Å². The van der Waals surface area contributed by atoms with Crippen LogP contribution in [0.4, 0.5) is 5.69 Å². The summed E-state index contributed by atoms with van der Waals surface area (Å²) < 4.78 is 3.17. The molecule has 1 atom stereocenters. The van der Waals surface area contributed by atoms with Crippen molar-refractivity contribution >= 4 is 34.1 Å². The van der Waals surface area contributed by atoms with Crippen LogP contribution in [0.2, 0.25) is 5.02 Å². The molecule has 0 fully saturated rings. The van der Waals surface area contributed by atoms with Gasteiger partial charge >= 0.3 is 0 Å². The van der Waals surface area contributed by atoms with Gasteiger partial charge in [0.05, 0.1) is 17.3 Å². The molecule has 1 aliphatic heterocycles. The first-order valence-corrected chi connectivity index (χ1v) is 10.5. The number of fused-ring (bicyclic) bond motifs is 1. The number of benzene rings is 1. The summed E-state index contributed by atoms with van der Waals surface area (Å²) in [5, 5.41) is 1.56. The van der Waals surface area contributed by atoms with E-state index in [-0.39, 0.29) is 6.54 Å². The molecule has 3 aromatic rings. The Morgan fingerprint density at radius 2 is 2.11 bits per heavy atom. The average Bonchev–Trinajstić information content (AvgIpc) is 3.17. The van der Waals surface area contributed by atoms with Gasteiger partial charge in [-0.3, -0.25) is 9.98 Å². The van der Waals surface area contributed by atoms with Crippen molar-refractivity contribution in [3.63, 3.8) is 0 Å².